The number of rotatable bonds is 4. The van der Waals surface area contributed by atoms with Gasteiger partial charge in [0, 0.05) is 21.5 Å². The summed E-state index contributed by atoms with van der Waals surface area (Å²) in [6, 6.07) is 10.3. The molecule has 0 amide bonds. The number of halogens is 1. The Bertz CT molecular complexity index is 760. The molecule has 20 heavy (non-hydrogen) atoms. The van der Waals surface area contributed by atoms with Crippen LogP contribution in [0.4, 0.5) is 0 Å². The Morgan fingerprint density at radius 1 is 1.15 bits per heavy atom. The largest absolute Gasteiger partial charge is 0.489 e. The van der Waals surface area contributed by atoms with Crippen LogP contribution in [0.5, 0.6) is 5.75 Å². The molecular formula is C15H15ClO3S. The lowest BCUT2D eigenvalue weighted by Crippen LogP contribution is -1.98. The van der Waals surface area contributed by atoms with Crippen LogP contribution in [0.15, 0.2) is 52.9 Å². The minimum Gasteiger partial charge on any atom is -0.489 e. The van der Waals surface area contributed by atoms with Crippen LogP contribution in [-0.2, 0) is 9.05 Å². The summed E-state index contributed by atoms with van der Waals surface area (Å²) in [5.74, 6) is 0.641. The standard InChI is InChI=1S/C15H15ClO3S/c1-11(2)9-10-19-14-7-8-15(20(16,17)18)13-6-4-3-5-12(13)14/h3-9H,10H2,1-2H3. The first-order valence-electron chi connectivity index (χ1n) is 6.12. The fraction of sp³-hybridized carbons (Fsp3) is 0.200. The Labute approximate surface area is 123 Å². The van der Waals surface area contributed by atoms with Crippen LogP contribution in [0, 0.1) is 0 Å². The average molecular weight is 311 g/mol. The third kappa shape index (κ3) is 3.32. The SMILES string of the molecule is CC(C)=CCOc1ccc(S(=O)(=O)Cl)c2ccccc12. The van der Waals surface area contributed by atoms with Gasteiger partial charge in [0.15, 0.2) is 0 Å². The molecular weight excluding hydrogens is 296 g/mol. The summed E-state index contributed by atoms with van der Waals surface area (Å²) in [6.45, 7) is 4.43. The topological polar surface area (TPSA) is 43.4 Å². The summed E-state index contributed by atoms with van der Waals surface area (Å²) < 4.78 is 28.8. The third-order valence-electron chi connectivity index (χ3n) is 2.84. The summed E-state index contributed by atoms with van der Waals surface area (Å²) in [5.41, 5.74) is 1.16. The highest BCUT2D eigenvalue weighted by Crippen LogP contribution is 2.32. The maximum Gasteiger partial charge on any atom is 0.261 e. The van der Waals surface area contributed by atoms with Crippen molar-refractivity contribution in [3.63, 3.8) is 0 Å². The van der Waals surface area contributed by atoms with Crippen LogP contribution in [-0.4, -0.2) is 15.0 Å². The molecule has 2 rings (SSSR count). The van der Waals surface area contributed by atoms with Gasteiger partial charge in [-0.25, -0.2) is 8.42 Å². The summed E-state index contributed by atoms with van der Waals surface area (Å²) >= 11 is 0. The van der Waals surface area contributed by atoms with E-state index in [0.29, 0.717) is 17.7 Å². The van der Waals surface area contributed by atoms with E-state index in [4.69, 9.17) is 15.4 Å². The van der Waals surface area contributed by atoms with Gasteiger partial charge in [-0.1, -0.05) is 29.8 Å². The van der Waals surface area contributed by atoms with E-state index in [1.165, 1.54) is 6.07 Å². The minimum absolute atomic E-state index is 0.101. The minimum atomic E-state index is -3.78. The zero-order valence-corrected chi connectivity index (χ0v) is 12.8. The van der Waals surface area contributed by atoms with Gasteiger partial charge in [-0.15, -0.1) is 0 Å². The molecule has 0 bridgehead atoms. The molecule has 106 valence electrons. The van der Waals surface area contributed by atoms with Gasteiger partial charge >= 0.3 is 0 Å². The second kappa shape index (κ2) is 5.85. The third-order valence-corrected chi connectivity index (χ3v) is 4.22. The highest BCUT2D eigenvalue weighted by Gasteiger charge is 2.16. The molecule has 0 atom stereocenters. The highest BCUT2D eigenvalue weighted by molar-refractivity contribution is 8.14. The molecule has 3 nitrogen and oxygen atoms in total. The van der Waals surface area contributed by atoms with Crippen molar-refractivity contribution in [1.82, 2.24) is 0 Å². The molecule has 0 fully saturated rings. The number of fused-ring (bicyclic) bond motifs is 1. The van der Waals surface area contributed by atoms with E-state index in [1.807, 2.05) is 32.1 Å². The molecule has 0 unspecified atom stereocenters. The van der Waals surface area contributed by atoms with Gasteiger partial charge in [-0.2, -0.15) is 0 Å². The van der Waals surface area contributed by atoms with E-state index < -0.39 is 9.05 Å². The van der Waals surface area contributed by atoms with Gasteiger partial charge in [0.1, 0.15) is 12.4 Å². The lowest BCUT2D eigenvalue weighted by atomic mass is 10.1. The first-order chi connectivity index (χ1) is 9.39. The molecule has 0 saturated heterocycles. The average Bonchev–Trinajstić information content (AvgIpc) is 2.37. The Morgan fingerprint density at radius 3 is 2.40 bits per heavy atom. The molecule has 0 aliphatic heterocycles. The van der Waals surface area contributed by atoms with Crippen LogP contribution in [0.1, 0.15) is 13.8 Å². The van der Waals surface area contributed by atoms with Crippen molar-refractivity contribution >= 4 is 30.5 Å². The van der Waals surface area contributed by atoms with Gasteiger partial charge in [0.25, 0.3) is 9.05 Å². The number of allylic oxidation sites excluding steroid dienone is 1. The molecule has 0 aliphatic rings. The zero-order chi connectivity index (χ0) is 14.8. The van der Waals surface area contributed by atoms with E-state index in [-0.39, 0.29) is 4.90 Å². The van der Waals surface area contributed by atoms with Crippen molar-refractivity contribution in [2.45, 2.75) is 18.7 Å². The zero-order valence-electron chi connectivity index (χ0n) is 11.3. The second-order valence-corrected chi connectivity index (χ2v) is 7.17. The fourth-order valence-electron chi connectivity index (χ4n) is 1.88. The summed E-state index contributed by atoms with van der Waals surface area (Å²) in [7, 11) is 1.68. The Hall–Kier alpha value is -1.52. The monoisotopic (exact) mass is 310 g/mol. The van der Waals surface area contributed by atoms with E-state index in [1.54, 1.807) is 18.2 Å². The molecule has 0 spiro atoms. The summed E-state index contributed by atoms with van der Waals surface area (Å²) in [4.78, 5) is 0.101. The maximum absolute atomic E-state index is 11.6. The number of benzene rings is 2. The molecule has 2 aromatic carbocycles. The number of hydrogen-bond acceptors (Lipinski definition) is 3. The van der Waals surface area contributed by atoms with Crippen molar-refractivity contribution in [2.75, 3.05) is 6.61 Å². The van der Waals surface area contributed by atoms with E-state index in [0.717, 1.165) is 11.0 Å². The van der Waals surface area contributed by atoms with Gasteiger partial charge < -0.3 is 4.74 Å². The summed E-state index contributed by atoms with van der Waals surface area (Å²) in [6.07, 6.45) is 1.96. The van der Waals surface area contributed by atoms with Crippen LogP contribution in [0.2, 0.25) is 0 Å². The van der Waals surface area contributed by atoms with E-state index >= 15 is 0 Å². The van der Waals surface area contributed by atoms with Gasteiger partial charge in [-0.05, 0) is 32.1 Å². The quantitative estimate of drug-likeness (QED) is 0.630. The van der Waals surface area contributed by atoms with Crippen molar-refractivity contribution in [1.29, 1.82) is 0 Å². The van der Waals surface area contributed by atoms with Crippen LogP contribution in [0.25, 0.3) is 10.8 Å². The van der Waals surface area contributed by atoms with Crippen LogP contribution in [0.3, 0.4) is 0 Å². The number of hydrogen-bond donors (Lipinski definition) is 0. The normalized spacial score (nSPS) is 11.3. The van der Waals surface area contributed by atoms with E-state index in [2.05, 4.69) is 0 Å². The molecule has 0 saturated carbocycles. The summed E-state index contributed by atoms with van der Waals surface area (Å²) in [5, 5.41) is 1.30. The fourth-order valence-corrected chi connectivity index (χ4v) is 2.96. The molecule has 0 heterocycles. The van der Waals surface area contributed by atoms with Gasteiger partial charge in [0.05, 0.1) is 4.90 Å². The van der Waals surface area contributed by atoms with E-state index in [9.17, 15) is 8.42 Å². The molecule has 0 radical (unpaired) electrons. The molecule has 0 aromatic heterocycles. The maximum atomic E-state index is 11.6. The Morgan fingerprint density at radius 2 is 1.80 bits per heavy atom. The highest BCUT2D eigenvalue weighted by atomic mass is 35.7. The van der Waals surface area contributed by atoms with Crippen molar-refractivity contribution < 1.29 is 13.2 Å². The van der Waals surface area contributed by atoms with Gasteiger partial charge in [0.2, 0.25) is 0 Å². The van der Waals surface area contributed by atoms with Crippen molar-refractivity contribution in [2.24, 2.45) is 0 Å². The van der Waals surface area contributed by atoms with Crippen molar-refractivity contribution in [3.05, 3.63) is 48.0 Å². The molecule has 0 N–H and O–H groups in total. The molecule has 0 aliphatic carbocycles. The lowest BCUT2D eigenvalue weighted by Gasteiger charge is -2.10. The predicted octanol–water partition coefficient (Wildman–Crippen LogP) is 4.11. The second-order valence-electron chi connectivity index (χ2n) is 4.64. The lowest BCUT2D eigenvalue weighted by molar-refractivity contribution is 0.366. The number of ether oxygens (including phenoxy) is 1. The predicted molar refractivity (Wildman–Crippen MR) is 81.9 cm³/mol. The molecule has 2 aromatic rings. The van der Waals surface area contributed by atoms with Crippen LogP contribution >= 0.6 is 10.7 Å². The Balaban J connectivity index is 2.52. The first kappa shape index (κ1) is 14.9. The van der Waals surface area contributed by atoms with Crippen LogP contribution < -0.4 is 4.74 Å². The van der Waals surface area contributed by atoms with Crippen molar-refractivity contribution in [3.8, 4) is 5.75 Å². The van der Waals surface area contributed by atoms with Gasteiger partial charge in [-0.3, -0.25) is 0 Å². The molecule has 5 heteroatoms. The Kier molecular flexibility index (Phi) is 4.35. The smallest absolute Gasteiger partial charge is 0.261 e. The first-order valence-corrected chi connectivity index (χ1v) is 8.43.